The number of hydrogen-bond donors (Lipinski definition) is 0. The molecule has 3 aromatic heterocycles. The molecule has 6 aromatic carbocycles. The van der Waals surface area contributed by atoms with E-state index in [-0.39, 0.29) is 0 Å². The summed E-state index contributed by atoms with van der Waals surface area (Å²) in [5.41, 5.74) is 11.8. The molecule has 0 aliphatic heterocycles. The Morgan fingerprint density at radius 3 is 1.83 bits per heavy atom. The van der Waals surface area contributed by atoms with E-state index < -0.39 is 0 Å². The number of para-hydroxylation sites is 5. The van der Waals surface area contributed by atoms with E-state index in [2.05, 4.69) is 131 Å². The minimum Gasteiger partial charge on any atom is -0.310 e. The van der Waals surface area contributed by atoms with Crippen molar-refractivity contribution in [1.29, 1.82) is 0 Å². The van der Waals surface area contributed by atoms with Crippen molar-refractivity contribution in [1.82, 2.24) is 14.4 Å². The Hall–Kier alpha value is -5.74. The van der Waals surface area contributed by atoms with Gasteiger partial charge < -0.3 is 4.90 Å². The van der Waals surface area contributed by atoms with E-state index in [0.29, 0.717) is 0 Å². The molecule has 0 aliphatic carbocycles. The molecule has 0 aliphatic rings. The van der Waals surface area contributed by atoms with Crippen LogP contribution in [0.1, 0.15) is 0 Å². The van der Waals surface area contributed by atoms with E-state index >= 15 is 0 Å². The second kappa shape index (κ2) is 8.88. The first-order valence-corrected chi connectivity index (χ1v) is 14.2. The van der Waals surface area contributed by atoms with Gasteiger partial charge >= 0.3 is 0 Å². The summed E-state index contributed by atoms with van der Waals surface area (Å²) >= 11 is 0. The third-order valence-corrected chi connectivity index (χ3v) is 8.27. The van der Waals surface area contributed by atoms with Gasteiger partial charge in [-0.1, -0.05) is 84.9 Å². The van der Waals surface area contributed by atoms with Crippen molar-refractivity contribution in [3.63, 3.8) is 0 Å². The number of anilines is 3. The van der Waals surface area contributed by atoms with Crippen molar-refractivity contribution < 1.29 is 0 Å². The van der Waals surface area contributed by atoms with Gasteiger partial charge in [-0.15, -0.1) is 0 Å². The van der Waals surface area contributed by atoms with Gasteiger partial charge in [0, 0.05) is 33.2 Å². The van der Waals surface area contributed by atoms with Crippen LogP contribution in [0.25, 0.3) is 60.5 Å². The van der Waals surface area contributed by atoms with Crippen LogP contribution in [-0.2, 0) is 0 Å². The van der Waals surface area contributed by atoms with Gasteiger partial charge in [-0.25, -0.2) is 9.97 Å². The van der Waals surface area contributed by atoms with Crippen LogP contribution in [0.2, 0.25) is 0 Å². The highest BCUT2D eigenvalue weighted by atomic mass is 15.1. The first-order chi connectivity index (χ1) is 20.8. The lowest BCUT2D eigenvalue weighted by molar-refractivity contribution is 1.28. The molecule has 0 N–H and O–H groups in total. The quantitative estimate of drug-likeness (QED) is 0.224. The lowest BCUT2D eigenvalue weighted by Crippen LogP contribution is -2.09. The smallest absolute Gasteiger partial charge is 0.165 e. The first kappa shape index (κ1) is 23.0. The summed E-state index contributed by atoms with van der Waals surface area (Å²) in [4.78, 5) is 12.4. The second-order valence-electron chi connectivity index (χ2n) is 10.7. The lowest BCUT2D eigenvalue weighted by Gasteiger charge is -2.25. The van der Waals surface area contributed by atoms with Crippen LogP contribution in [0, 0.1) is 0 Å². The van der Waals surface area contributed by atoms with E-state index in [9.17, 15) is 0 Å². The van der Waals surface area contributed by atoms with E-state index in [0.717, 1.165) is 50.2 Å². The Kier molecular flexibility index (Phi) is 4.87. The molecule has 4 heteroatoms. The maximum atomic E-state index is 5.08. The van der Waals surface area contributed by atoms with Crippen LogP contribution in [0.4, 0.5) is 17.1 Å². The zero-order valence-corrected chi connectivity index (χ0v) is 22.6. The molecule has 0 amide bonds. The average molecular weight is 537 g/mol. The molecule has 196 valence electrons. The largest absolute Gasteiger partial charge is 0.310 e. The summed E-state index contributed by atoms with van der Waals surface area (Å²) in [6.45, 7) is 0. The maximum absolute atomic E-state index is 5.08. The van der Waals surface area contributed by atoms with Gasteiger partial charge in [0.25, 0.3) is 0 Å². The highest BCUT2D eigenvalue weighted by molar-refractivity contribution is 6.22. The number of fused-ring (bicyclic) bond motifs is 7. The van der Waals surface area contributed by atoms with Crippen molar-refractivity contribution in [2.24, 2.45) is 0 Å². The molecular weight excluding hydrogens is 512 g/mol. The van der Waals surface area contributed by atoms with Crippen LogP contribution in [0.5, 0.6) is 0 Å². The van der Waals surface area contributed by atoms with Gasteiger partial charge in [0.05, 0.1) is 22.1 Å². The highest BCUT2D eigenvalue weighted by Crippen LogP contribution is 2.41. The molecule has 3 heterocycles. The van der Waals surface area contributed by atoms with E-state index in [1.807, 2.05) is 24.3 Å². The monoisotopic (exact) mass is 536 g/mol. The third-order valence-electron chi connectivity index (χ3n) is 8.27. The van der Waals surface area contributed by atoms with Crippen molar-refractivity contribution in [2.45, 2.75) is 0 Å². The Balaban J connectivity index is 1.24. The molecule has 0 saturated heterocycles. The van der Waals surface area contributed by atoms with Gasteiger partial charge in [0.15, 0.2) is 5.65 Å². The van der Waals surface area contributed by atoms with E-state index in [1.54, 1.807) is 0 Å². The zero-order valence-electron chi connectivity index (χ0n) is 22.6. The Labute approximate surface area is 242 Å². The van der Waals surface area contributed by atoms with Crippen LogP contribution in [0.3, 0.4) is 0 Å². The Bertz CT molecular complexity index is 2370. The standard InChI is InChI=1S/C38H24N4/c1-3-12-27(13-4-1)41(28-14-5-2-6-15-28)29-16-9-11-25(23-29)26-21-22-35-32(24-26)30-17-10-18-31-36-38(42(35)37(30)31)40-34-20-8-7-19-33(34)39-36/h1-24H. The molecule has 0 bridgehead atoms. The second-order valence-corrected chi connectivity index (χ2v) is 10.7. The SMILES string of the molecule is c1ccc(N(c2ccccc2)c2cccc(-c3ccc4c(c3)c3cccc5c6nc7ccccc7nc6n4c35)c2)cc1. The average Bonchev–Trinajstić information content (AvgIpc) is 3.56. The van der Waals surface area contributed by atoms with Gasteiger partial charge in [-0.05, 0) is 71.8 Å². The van der Waals surface area contributed by atoms with Gasteiger partial charge in [-0.3, -0.25) is 4.40 Å². The summed E-state index contributed by atoms with van der Waals surface area (Å²) in [5, 5.41) is 3.58. The van der Waals surface area contributed by atoms with Gasteiger partial charge in [0.1, 0.15) is 5.52 Å². The number of benzene rings is 6. The van der Waals surface area contributed by atoms with Crippen molar-refractivity contribution >= 4 is 66.5 Å². The van der Waals surface area contributed by atoms with Crippen LogP contribution in [0.15, 0.2) is 146 Å². The van der Waals surface area contributed by atoms with E-state index in [1.165, 1.54) is 27.4 Å². The lowest BCUT2D eigenvalue weighted by atomic mass is 10.0. The normalized spacial score (nSPS) is 11.8. The van der Waals surface area contributed by atoms with Gasteiger partial charge in [0.2, 0.25) is 0 Å². The highest BCUT2D eigenvalue weighted by Gasteiger charge is 2.20. The number of aromatic nitrogens is 3. The molecule has 0 unspecified atom stereocenters. The maximum Gasteiger partial charge on any atom is 0.165 e. The van der Waals surface area contributed by atoms with E-state index in [4.69, 9.17) is 9.97 Å². The molecule has 0 spiro atoms. The van der Waals surface area contributed by atoms with Crippen molar-refractivity contribution in [3.8, 4) is 11.1 Å². The molecule has 0 fully saturated rings. The molecule has 0 radical (unpaired) electrons. The predicted octanol–water partition coefficient (Wildman–Crippen LogP) is 9.92. The first-order valence-electron chi connectivity index (χ1n) is 14.2. The third kappa shape index (κ3) is 3.36. The summed E-state index contributed by atoms with van der Waals surface area (Å²) < 4.78 is 2.29. The number of nitrogens with zero attached hydrogens (tertiary/aromatic N) is 4. The summed E-state index contributed by atoms with van der Waals surface area (Å²) in [6, 6.07) is 51.3. The zero-order chi connectivity index (χ0) is 27.6. The summed E-state index contributed by atoms with van der Waals surface area (Å²) in [6.07, 6.45) is 0. The number of hydrogen-bond acceptors (Lipinski definition) is 3. The molecular formula is C38H24N4. The summed E-state index contributed by atoms with van der Waals surface area (Å²) in [7, 11) is 0. The fourth-order valence-corrected chi connectivity index (χ4v) is 6.41. The predicted molar refractivity (Wildman–Crippen MR) is 174 cm³/mol. The molecule has 42 heavy (non-hydrogen) atoms. The van der Waals surface area contributed by atoms with Crippen molar-refractivity contribution in [3.05, 3.63) is 146 Å². The van der Waals surface area contributed by atoms with Crippen LogP contribution < -0.4 is 4.90 Å². The molecule has 4 nitrogen and oxygen atoms in total. The minimum absolute atomic E-state index is 0.908. The fourth-order valence-electron chi connectivity index (χ4n) is 6.41. The number of rotatable bonds is 4. The molecule has 9 aromatic rings. The van der Waals surface area contributed by atoms with Crippen LogP contribution in [-0.4, -0.2) is 14.4 Å². The summed E-state index contributed by atoms with van der Waals surface area (Å²) in [5.74, 6) is 0. The van der Waals surface area contributed by atoms with Crippen molar-refractivity contribution in [2.75, 3.05) is 4.90 Å². The molecule has 0 saturated carbocycles. The van der Waals surface area contributed by atoms with Gasteiger partial charge in [-0.2, -0.15) is 0 Å². The Morgan fingerprint density at radius 2 is 1.07 bits per heavy atom. The molecule has 9 rings (SSSR count). The van der Waals surface area contributed by atoms with Crippen LogP contribution >= 0.6 is 0 Å². The minimum atomic E-state index is 0.908. The molecule has 0 atom stereocenters. The fraction of sp³-hybridized carbons (Fsp3) is 0. The Morgan fingerprint density at radius 1 is 0.452 bits per heavy atom. The topological polar surface area (TPSA) is 33.4 Å².